The van der Waals surface area contributed by atoms with Crippen molar-refractivity contribution in [3.63, 3.8) is 0 Å². The van der Waals surface area contributed by atoms with E-state index in [9.17, 15) is 0 Å². The van der Waals surface area contributed by atoms with Crippen LogP contribution in [0.25, 0.3) is 16.3 Å². The molecule has 2 aromatic heterocycles. The number of hydrogen-bond donors (Lipinski definition) is 3. The first-order valence-electron chi connectivity index (χ1n) is 10.4. The van der Waals surface area contributed by atoms with Gasteiger partial charge in [0, 0.05) is 17.1 Å². The van der Waals surface area contributed by atoms with Crippen molar-refractivity contribution in [2.24, 2.45) is 5.92 Å². The Labute approximate surface area is 178 Å². The molecule has 0 bridgehead atoms. The Morgan fingerprint density at radius 1 is 1.21 bits per heavy atom. The summed E-state index contributed by atoms with van der Waals surface area (Å²) < 4.78 is 0. The van der Waals surface area contributed by atoms with Crippen LogP contribution in [-0.2, 0) is 0 Å². The van der Waals surface area contributed by atoms with E-state index in [1.165, 1.54) is 20.9 Å². The van der Waals surface area contributed by atoms with Gasteiger partial charge in [-0.2, -0.15) is 0 Å². The number of allylic oxidation sites excluding steroid dienone is 2. The van der Waals surface area contributed by atoms with Crippen molar-refractivity contribution in [2.75, 3.05) is 0 Å². The Kier molecular flexibility index (Phi) is 6.58. The fraction of sp³-hybridized carbons (Fsp3) is 0.417. The summed E-state index contributed by atoms with van der Waals surface area (Å²) in [5, 5.41) is 15.4. The van der Waals surface area contributed by atoms with Crippen LogP contribution in [0.5, 0.6) is 0 Å². The Balaban J connectivity index is 1.91. The van der Waals surface area contributed by atoms with Crippen LogP contribution < -0.4 is 10.6 Å². The maximum atomic E-state index is 8.00. The zero-order valence-electron chi connectivity index (χ0n) is 18.3. The van der Waals surface area contributed by atoms with Gasteiger partial charge in [0.25, 0.3) is 0 Å². The number of hydrogen-bond acceptors (Lipinski definition) is 5. The number of thiophene rings is 1. The van der Waals surface area contributed by atoms with Crippen LogP contribution in [0.3, 0.4) is 0 Å². The third-order valence-corrected chi connectivity index (χ3v) is 6.76. The lowest BCUT2D eigenvalue weighted by molar-refractivity contribution is 0.492. The zero-order valence-corrected chi connectivity index (χ0v) is 19.1. The van der Waals surface area contributed by atoms with Crippen LogP contribution in [0.2, 0.25) is 0 Å². The second kappa shape index (κ2) is 8.95. The normalized spacial score (nSPS) is 16.9. The van der Waals surface area contributed by atoms with Gasteiger partial charge in [0.05, 0.1) is 21.1 Å². The molecular weight excluding hydrogens is 376 g/mol. The zero-order chi connectivity index (χ0) is 21.1. The van der Waals surface area contributed by atoms with Crippen molar-refractivity contribution in [2.45, 2.75) is 60.5 Å². The summed E-state index contributed by atoms with van der Waals surface area (Å²) in [5.74, 6) is 0.462. The molecule has 0 amide bonds. The van der Waals surface area contributed by atoms with E-state index < -0.39 is 0 Å². The number of nitrogens with one attached hydrogen (secondary N) is 3. The quantitative estimate of drug-likeness (QED) is 0.490. The van der Waals surface area contributed by atoms with Gasteiger partial charge in [-0.1, -0.05) is 19.9 Å². The van der Waals surface area contributed by atoms with Crippen LogP contribution in [0.4, 0.5) is 0 Å². The lowest BCUT2D eigenvalue weighted by atomic mass is 9.90. The number of pyridine rings is 1. The van der Waals surface area contributed by atoms with E-state index in [1.807, 2.05) is 26.0 Å². The Morgan fingerprint density at radius 2 is 1.93 bits per heavy atom. The van der Waals surface area contributed by atoms with E-state index in [0.717, 1.165) is 35.6 Å². The van der Waals surface area contributed by atoms with Crippen LogP contribution in [0.1, 0.15) is 56.7 Å². The molecule has 1 aliphatic rings. The van der Waals surface area contributed by atoms with Gasteiger partial charge < -0.3 is 16.0 Å². The van der Waals surface area contributed by atoms with E-state index in [-0.39, 0.29) is 6.17 Å². The predicted molar refractivity (Wildman–Crippen MR) is 125 cm³/mol. The van der Waals surface area contributed by atoms with Gasteiger partial charge in [0.1, 0.15) is 6.17 Å². The highest BCUT2D eigenvalue weighted by molar-refractivity contribution is 7.16. The van der Waals surface area contributed by atoms with Gasteiger partial charge in [-0.3, -0.25) is 4.98 Å². The molecule has 0 saturated heterocycles. The van der Waals surface area contributed by atoms with Gasteiger partial charge in [0.15, 0.2) is 0 Å². The highest BCUT2D eigenvalue weighted by Crippen LogP contribution is 2.37. The molecule has 3 N–H and O–H groups in total. The molecule has 0 aliphatic carbocycles. The fourth-order valence-electron chi connectivity index (χ4n) is 3.96. The van der Waals surface area contributed by atoms with Gasteiger partial charge in [0.2, 0.25) is 0 Å². The van der Waals surface area contributed by atoms with E-state index >= 15 is 0 Å². The molecule has 1 aliphatic heterocycles. The smallest absolute Gasteiger partial charge is 0.119 e. The average Bonchev–Trinajstić information content (AvgIpc) is 3.24. The predicted octanol–water partition coefficient (Wildman–Crippen LogP) is 6.04. The van der Waals surface area contributed by atoms with Crippen molar-refractivity contribution in [3.8, 4) is 10.6 Å². The molecular formula is C24H32N4S. The summed E-state index contributed by atoms with van der Waals surface area (Å²) >= 11 is 1.79. The van der Waals surface area contributed by atoms with E-state index in [4.69, 9.17) is 10.4 Å². The first-order chi connectivity index (χ1) is 13.8. The minimum atomic E-state index is 0.0391. The third-order valence-electron chi connectivity index (χ3n) is 5.48. The monoisotopic (exact) mass is 408 g/mol. The number of rotatable bonds is 7. The lowest BCUT2D eigenvalue weighted by Gasteiger charge is -2.25. The van der Waals surface area contributed by atoms with Gasteiger partial charge in [-0.05, 0) is 81.9 Å². The van der Waals surface area contributed by atoms with E-state index in [0.29, 0.717) is 11.6 Å². The first-order valence-corrected chi connectivity index (χ1v) is 11.2. The van der Waals surface area contributed by atoms with Gasteiger partial charge in [-0.25, -0.2) is 0 Å². The summed E-state index contributed by atoms with van der Waals surface area (Å²) in [4.78, 5) is 7.14. The van der Waals surface area contributed by atoms with Crippen molar-refractivity contribution < 1.29 is 0 Å². The number of aryl methyl sites for hydroxylation is 2. The molecule has 0 saturated carbocycles. The van der Waals surface area contributed by atoms with Crippen molar-refractivity contribution in [1.82, 2.24) is 15.6 Å². The molecule has 0 fully saturated rings. The molecule has 0 spiro atoms. The highest BCUT2D eigenvalue weighted by Gasteiger charge is 2.29. The minimum Gasteiger partial charge on any atom is -0.364 e. The topological polar surface area (TPSA) is 60.8 Å². The number of aromatic nitrogens is 1. The van der Waals surface area contributed by atoms with Crippen molar-refractivity contribution in [1.29, 1.82) is 5.41 Å². The van der Waals surface area contributed by atoms with Crippen molar-refractivity contribution in [3.05, 3.63) is 57.7 Å². The summed E-state index contributed by atoms with van der Waals surface area (Å²) in [7, 11) is 0. The van der Waals surface area contributed by atoms with Gasteiger partial charge >= 0.3 is 0 Å². The third kappa shape index (κ3) is 4.61. The van der Waals surface area contributed by atoms with Crippen molar-refractivity contribution >= 4 is 22.7 Å². The molecule has 0 radical (unpaired) electrons. The van der Waals surface area contributed by atoms with Crippen LogP contribution >= 0.6 is 11.3 Å². The fourth-order valence-corrected chi connectivity index (χ4v) is 5.17. The molecule has 1 unspecified atom stereocenters. The molecule has 3 rings (SSSR count). The Morgan fingerprint density at radius 3 is 2.55 bits per heavy atom. The molecule has 3 heterocycles. The standard InChI is InChI=1S/C24H32N4S/c1-7-18(8-2)19(13-15(4)25)24-27-17(6)22(28-24)23-14(3)12-21(29-23)20-11-9-10-16(5)26-20/h9-13,18,24-25,27-28H,7-8H2,1-6H3/b19-13-,25-15?. The molecule has 1 atom stereocenters. The highest BCUT2D eigenvalue weighted by atomic mass is 32.1. The van der Waals surface area contributed by atoms with E-state index in [2.05, 4.69) is 56.5 Å². The summed E-state index contributed by atoms with van der Waals surface area (Å²) in [5.41, 5.74) is 7.51. The molecule has 0 aromatic carbocycles. The minimum absolute atomic E-state index is 0.0391. The SMILES string of the molecule is CCC(CC)/C(=C/C(C)=N)C1NC(C)=C(c2sc(-c3cccc(C)n3)cc2C)N1. The molecule has 5 heteroatoms. The van der Waals surface area contributed by atoms with Crippen LogP contribution in [0, 0.1) is 25.2 Å². The number of nitrogens with zero attached hydrogens (tertiary/aromatic N) is 1. The summed E-state index contributed by atoms with van der Waals surface area (Å²) in [6.45, 7) is 12.6. The Hall–Kier alpha value is -2.40. The summed E-state index contributed by atoms with van der Waals surface area (Å²) in [6, 6.07) is 8.40. The summed E-state index contributed by atoms with van der Waals surface area (Å²) in [6.07, 6.45) is 4.22. The lowest BCUT2D eigenvalue weighted by Crippen LogP contribution is -2.37. The average molecular weight is 409 g/mol. The first kappa shape index (κ1) is 21.3. The van der Waals surface area contributed by atoms with Gasteiger partial charge in [-0.15, -0.1) is 11.3 Å². The Bertz CT molecular complexity index is 963. The van der Waals surface area contributed by atoms with E-state index in [1.54, 1.807) is 11.3 Å². The molecule has 154 valence electrons. The second-order valence-corrected chi connectivity index (χ2v) is 8.90. The maximum Gasteiger partial charge on any atom is 0.119 e. The van der Waals surface area contributed by atoms with Crippen LogP contribution in [-0.4, -0.2) is 16.9 Å². The second-order valence-electron chi connectivity index (χ2n) is 7.85. The molecule has 29 heavy (non-hydrogen) atoms. The molecule has 4 nitrogen and oxygen atoms in total. The van der Waals surface area contributed by atoms with Crippen LogP contribution in [0.15, 0.2) is 41.6 Å². The molecule has 2 aromatic rings. The maximum absolute atomic E-state index is 8.00. The largest absolute Gasteiger partial charge is 0.364 e.